The summed E-state index contributed by atoms with van der Waals surface area (Å²) < 4.78 is 18.4. The molecular formula is C13H15FO3. The van der Waals surface area contributed by atoms with Gasteiger partial charge in [-0.3, -0.25) is 4.79 Å². The lowest BCUT2D eigenvalue weighted by atomic mass is 9.73. The van der Waals surface area contributed by atoms with Crippen molar-refractivity contribution in [1.82, 2.24) is 0 Å². The third-order valence-electron chi connectivity index (χ3n) is 3.41. The van der Waals surface area contributed by atoms with Gasteiger partial charge in [-0.2, -0.15) is 0 Å². The average Bonchev–Trinajstić information content (AvgIpc) is 2.22. The van der Waals surface area contributed by atoms with Crippen molar-refractivity contribution in [3.05, 3.63) is 29.6 Å². The minimum absolute atomic E-state index is 0.100. The summed E-state index contributed by atoms with van der Waals surface area (Å²) in [5.41, 5.74) is 0.449. The van der Waals surface area contributed by atoms with E-state index in [-0.39, 0.29) is 5.92 Å². The molecule has 1 aromatic rings. The van der Waals surface area contributed by atoms with Gasteiger partial charge in [0.25, 0.3) is 0 Å². The summed E-state index contributed by atoms with van der Waals surface area (Å²) >= 11 is 0. The van der Waals surface area contributed by atoms with Gasteiger partial charge in [-0.1, -0.05) is 6.42 Å². The monoisotopic (exact) mass is 238 g/mol. The van der Waals surface area contributed by atoms with E-state index in [0.717, 1.165) is 19.3 Å². The fraction of sp³-hybridized carbons (Fsp3) is 0.462. The Morgan fingerprint density at radius 3 is 2.71 bits per heavy atom. The van der Waals surface area contributed by atoms with E-state index >= 15 is 0 Å². The Morgan fingerprint density at radius 1 is 1.53 bits per heavy atom. The zero-order valence-electron chi connectivity index (χ0n) is 9.65. The van der Waals surface area contributed by atoms with Gasteiger partial charge in [-0.25, -0.2) is 4.39 Å². The van der Waals surface area contributed by atoms with Gasteiger partial charge in [0.1, 0.15) is 11.6 Å². The second-order valence-electron chi connectivity index (χ2n) is 4.39. The molecule has 1 N–H and O–H groups in total. The third kappa shape index (κ3) is 2.25. The van der Waals surface area contributed by atoms with Gasteiger partial charge in [0.15, 0.2) is 0 Å². The Hall–Kier alpha value is -1.58. The smallest absolute Gasteiger partial charge is 0.311 e. The summed E-state index contributed by atoms with van der Waals surface area (Å²) in [6.07, 6.45) is 2.82. The summed E-state index contributed by atoms with van der Waals surface area (Å²) in [5, 5.41) is 9.29. The number of benzene rings is 1. The molecule has 0 amide bonds. The maximum absolute atomic E-state index is 13.2. The van der Waals surface area contributed by atoms with Gasteiger partial charge in [0, 0.05) is 5.56 Å². The van der Waals surface area contributed by atoms with Gasteiger partial charge in [-0.15, -0.1) is 0 Å². The lowest BCUT2D eigenvalue weighted by Gasteiger charge is -2.32. The van der Waals surface area contributed by atoms with Gasteiger partial charge >= 0.3 is 5.97 Å². The van der Waals surface area contributed by atoms with Crippen LogP contribution in [0.2, 0.25) is 0 Å². The number of hydrogen-bond acceptors (Lipinski definition) is 2. The second-order valence-corrected chi connectivity index (χ2v) is 4.39. The van der Waals surface area contributed by atoms with Crippen LogP contribution in [-0.2, 0) is 4.79 Å². The Bertz CT molecular complexity index is 427. The van der Waals surface area contributed by atoms with Crippen molar-refractivity contribution in [2.24, 2.45) is 5.92 Å². The zero-order valence-corrected chi connectivity index (χ0v) is 9.65. The predicted molar refractivity (Wildman–Crippen MR) is 60.7 cm³/mol. The number of carbonyl (C=O) groups is 1. The fourth-order valence-electron chi connectivity index (χ4n) is 2.31. The fourth-order valence-corrected chi connectivity index (χ4v) is 2.31. The molecule has 3 nitrogen and oxygen atoms in total. The molecule has 2 rings (SSSR count). The van der Waals surface area contributed by atoms with Crippen LogP contribution in [0.3, 0.4) is 0 Å². The first-order chi connectivity index (χ1) is 8.13. The van der Waals surface area contributed by atoms with Gasteiger partial charge < -0.3 is 9.84 Å². The maximum atomic E-state index is 13.2. The molecule has 1 aliphatic carbocycles. The first-order valence-electron chi connectivity index (χ1n) is 5.69. The highest BCUT2D eigenvalue weighted by molar-refractivity contribution is 5.77. The molecule has 0 spiro atoms. The number of carboxylic acids is 1. The number of rotatable bonds is 4. The minimum atomic E-state index is -0.904. The highest BCUT2D eigenvalue weighted by Gasteiger charge is 2.35. The van der Waals surface area contributed by atoms with Crippen molar-refractivity contribution >= 4 is 5.97 Å². The van der Waals surface area contributed by atoms with Crippen LogP contribution in [0.25, 0.3) is 0 Å². The number of halogens is 1. The lowest BCUT2D eigenvalue weighted by Crippen LogP contribution is -2.27. The summed E-state index contributed by atoms with van der Waals surface area (Å²) in [6, 6.07) is 4.04. The van der Waals surface area contributed by atoms with Crippen molar-refractivity contribution < 1.29 is 19.0 Å². The molecule has 1 fully saturated rings. The summed E-state index contributed by atoms with van der Waals surface area (Å²) in [6.45, 7) is 0. The van der Waals surface area contributed by atoms with Crippen molar-refractivity contribution in [2.75, 3.05) is 7.11 Å². The molecule has 1 aliphatic rings. The Balaban J connectivity index is 2.40. The molecule has 1 atom stereocenters. The lowest BCUT2D eigenvalue weighted by molar-refractivity contribution is -0.141. The molecule has 0 aliphatic heterocycles. The van der Waals surface area contributed by atoms with Crippen LogP contribution < -0.4 is 4.74 Å². The van der Waals surface area contributed by atoms with Crippen LogP contribution in [0.4, 0.5) is 4.39 Å². The van der Waals surface area contributed by atoms with Crippen LogP contribution in [0.5, 0.6) is 5.75 Å². The molecular weight excluding hydrogens is 223 g/mol. The van der Waals surface area contributed by atoms with E-state index in [1.165, 1.54) is 25.3 Å². The predicted octanol–water partition coefficient (Wildman–Crippen LogP) is 2.80. The van der Waals surface area contributed by atoms with Gasteiger partial charge in [-0.05, 0) is 37.0 Å². The third-order valence-corrected chi connectivity index (χ3v) is 3.41. The topological polar surface area (TPSA) is 46.5 Å². The quantitative estimate of drug-likeness (QED) is 0.877. The van der Waals surface area contributed by atoms with E-state index in [1.807, 2.05) is 0 Å². The van der Waals surface area contributed by atoms with E-state index in [9.17, 15) is 14.3 Å². The molecule has 1 unspecified atom stereocenters. The molecule has 0 bridgehead atoms. The molecule has 4 heteroatoms. The minimum Gasteiger partial charge on any atom is -0.496 e. The van der Waals surface area contributed by atoms with E-state index < -0.39 is 17.7 Å². The normalized spacial score (nSPS) is 17.3. The van der Waals surface area contributed by atoms with E-state index in [0.29, 0.717) is 11.3 Å². The highest BCUT2D eigenvalue weighted by Crippen LogP contribution is 2.42. The van der Waals surface area contributed by atoms with Crippen molar-refractivity contribution in [1.29, 1.82) is 0 Å². The first kappa shape index (κ1) is 11.9. The van der Waals surface area contributed by atoms with Crippen LogP contribution in [-0.4, -0.2) is 18.2 Å². The molecule has 1 saturated carbocycles. The Kier molecular flexibility index (Phi) is 3.31. The molecule has 0 radical (unpaired) electrons. The highest BCUT2D eigenvalue weighted by atomic mass is 19.1. The van der Waals surface area contributed by atoms with Gasteiger partial charge in [0.05, 0.1) is 13.0 Å². The summed E-state index contributed by atoms with van der Waals surface area (Å²) in [7, 11) is 1.47. The Morgan fingerprint density at radius 2 is 2.24 bits per heavy atom. The number of carboxylic acid groups (broad SMARTS) is 1. The van der Waals surface area contributed by atoms with Crippen molar-refractivity contribution in [3.8, 4) is 5.75 Å². The zero-order chi connectivity index (χ0) is 12.4. The summed E-state index contributed by atoms with van der Waals surface area (Å²) in [5.74, 6) is -1.44. The van der Waals surface area contributed by atoms with E-state index in [2.05, 4.69) is 0 Å². The second kappa shape index (κ2) is 4.73. The average molecular weight is 238 g/mol. The number of hydrogen-bond donors (Lipinski definition) is 1. The van der Waals surface area contributed by atoms with Crippen molar-refractivity contribution in [3.63, 3.8) is 0 Å². The largest absolute Gasteiger partial charge is 0.496 e. The Labute approximate surface area is 99.2 Å². The van der Waals surface area contributed by atoms with Crippen LogP contribution >= 0.6 is 0 Å². The first-order valence-corrected chi connectivity index (χ1v) is 5.69. The number of aliphatic carboxylic acids is 1. The standard InChI is InChI=1S/C13H15FO3/c1-17-11-6-5-9(14)7-10(11)12(13(15)16)8-3-2-4-8/h5-8,12H,2-4H2,1H3,(H,15,16). The van der Waals surface area contributed by atoms with E-state index in [4.69, 9.17) is 4.74 Å². The van der Waals surface area contributed by atoms with E-state index in [1.54, 1.807) is 0 Å². The molecule has 1 aromatic carbocycles. The van der Waals surface area contributed by atoms with Gasteiger partial charge in [0.2, 0.25) is 0 Å². The summed E-state index contributed by atoms with van der Waals surface area (Å²) in [4.78, 5) is 11.3. The molecule has 92 valence electrons. The van der Waals surface area contributed by atoms with Crippen LogP contribution in [0.1, 0.15) is 30.7 Å². The van der Waals surface area contributed by atoms with Crippen LogP contribution in [0, 0.1) is 11.7 Å². The molecule has 0 heterocycles. The SMILES string of the molecule is COc1ccc(F)cc1C(C(=O)O)C1CCC1. The molecule has 0 saturated heterocycles. The molecule has 17 heavy (non-hydrogen) atoms. The number of methoxy groups -OCH3 is 1. The van der Waals surface area contributed by atoms with Crippen LogP contribution in [0.15, 0.2) is 18.2 Å². The van der Waals surface area contributed by atoms with Crippen molar-refractivity contribution in [2.45, 2.75) is 25.2 Å². The number of ether oxygens (including phenoxy) is 1. The molecule has 0 aromatic heterocycles. The maximum Gasteiger partial charge on any atom is 0.311 e.